The van der Waals surface area contributed by atoms with Crippen LogP contribution in [0.5, 0.6) is 11.5 Å². The summed E-state index contributed by atoms with van der Waals surface area (Å²) < 4.78 is 10.6. The molecule has 3 rings (SSSR count). The Morgan fingerprint density at radius 1 is 1.12 bits per heavy atom. The summed E-state index contributed by atoms with van der Waals surface area (Å²) in [7, 11) is 0. The minimum absolute atomic E-state index is 0.0259. The van der Waals surface area contributed by atoms with Crippen molar-refractivity contribution in [1.82, 2.24) is 0 Å². The molecule has 2 aromatic rings. The Hall–Kier alpha value is -3.46. The molecule has 1 aliphatic rings. The number of rotatable bonds is 4. The van der Waals surface area contributed by atoms with Crippen molar-refractivity contribution < 1.29 is 14.3 Å². The monoisotopic (exact) mass is 349 g/mol. The number of amides is 1. The molecule has 0 unspecified atom stereocenters. The normalized spacial score (nSPS) is 12.5. The largest absolute Gasteiger partial charge is 0.454 e. The molecule has 1 aliphatic heterocycles. The quantitative estimate of drug-likeness (QED) is 0.648. The number of anilines is 2. The molecule has 0 atom stereocenters. The van der Waals surface area contributed by atoms with E-state index in [1.54, 1.807) is 18.2 Å². The molecule has 1 amide bonds. The van der Waals surface area contributed by atoms with Crippen LogP contribution in [0, 0.1) is 32.1 Å². The minimum Gasteiger partial charge on any atom is -0.454 e. The van der Waals surface area contributed by atoms with Crippen molar-refractivity contribution in [2.24, 2.45) is 0 Å². The number of benzene rings is 2. The van der Waals surface area contributed by atoms with Crippen molar-refractivity contribution in [3.05, 3.63) is 58.8 Å². The number of fused-ring (bicyclic) bond motifs is 1. The van der Waals surface area contributed by atoms with Gasteiger partial charge in [0.1, 0.15) is 11.6 Å². The van der Waals surface area contributed by atoms with Gasteiger partial charge in [0.05, 0.1) is 0 Å². The fraction of sp³-hybridized carbons (Fsp3) is 0.200. The van der Waals surface area contributed by atoms with Gasteiger partial charge in [-0.15, -0.1) is 0 Å². The van der Waals surface area contributed by atoms with Gasteiger partial charge in [0.25, 0.3) is 5.91 Å². The van der Waals surface area contributed by atoms with Crippen molar-refractivity contribution in [1.29, 1.82) is 5.26 Å². The Balaban J connectivity index is 1.75. The maximum absolute atomic E-state index is 12.5. The van der Waals surface area contributed by atoms with Gasteiger partial charge in [-0.25, -0.2) is 0 Å². The highest BCUT2D eigenvalue weighted by atomic mass is 16.7. The van der Waals surface area contributed by atoms with Gasteiger partial charge in [-0.05, 0) is 44.0 Å². The van der Waals surface area contributed by atoms with Crippen LogP contribution >= 0.6 is 0 Å². The van der Waals surface area contributed by atoms with E-state index in [2.05, 4.69) is 10.6 Å². The lowest BCUT2D eigenvalue weighted by atomic mass is 10.0. The minimum atomic E-state index is -0.462. The third-order valence-corrected chi connectivity index (χ3v) is 4.04. The Morgan fingerprint density at radius 3 is 2.50 bits per heavy atom. The lowest BCUT2D eigenvalue weighted by Gasteiger charge is -2.12. The molecular formula is C20H19N3O3. The highest BCUT2D eigenvalue weighted by molar-refractivity contribution is 6.07. The summed E-state index contributed by atoms with van der Waals surface area (Å²) in [5, 5.41) is 15.1. The zero-order valence-corrected chi connectivity index (χ0v) is 14.8. The van der Waals surface area contributed by atoms with Crippen molar-refractivity contribution in [3.63, 3.8) is 0 Å². The van der Waals surface area contributed by atoms with E-state index >= 15 is 0 Å². The summed E-state index contributed by atoms with van der Waals surface area (Å²) >= 11 is 0. The lowest BCUT2D eigenvalue weighted by Crippen LogP contribution is -2.16. The van der Waals surface area contributed by atoms with Crippen LogP contribution in [0.15, 0.2) is 42.1 Å². The molecule has 0 bridgehead atoms. The first-order chi connectivity index (χ1) is 12.5. The van der Waals surface area contributed by atoms with E-state index in [9.17, 15) is 10.1 Å². The SMILES string of the molecule is Cc1cc(C)c(NC(=O)/C(C#N)=C\Nc2ccc3c(c2)OCO3)c(C)c1. The first kappa shape index (κ1) is 17.4. The number of aryl methyl sites for hydroxylation is 3. The zero-order chi connectivity index (χ0) is 18.7. The molecular weight excluding hydrogens is 330 g/mol. The summed E-state index contributed by atoms with van der Waals surface area (Å²) in [6.07, 6.45) is 1.38. The fourth-order valence-corrected chi connectivity index (χ4v) is 2.85. The Morgan fingerprint density at radius 2 is 1.81 bits per heavy atom. The summed E-state index contributed by atoms with van der Waals surface area (Å²) in [4.78, 5) is 12.5. The molecule has 0 saturated carbocycles. The number of hydrogen-bond acceptors (Lipinski definition) is 5. The molecule has 6 heteroatoms. The van der Waals surface area contributed by atoms with E-state index in [1.165, 1.54) is 6.20 Å². The Labute approximate surface area is 152 Å². The van der Waals surface area contributed by atoms with Gasteiger partial charge in [-0.3, -0.25) is 4.79 Å². The van der Waals surface area contributed by atoms with Gasteiger partial charge in [0, 0.05) is 23.6 Å². The van der Waals surface area contributed by atoms with Crippen molar-refractivity contribution in [2.75, 3.05) is 17.4 Å². The van der Waals surface area contributed by atoms with Crippen molar-refractivity contribution >= 4 is 17.3 Å². The zero-order valence-electron chi connectivity index (χ0n) is 14.8. The highest BCUT2D eigenvalue weighted by Crippen LogP contribution is 2.34. The second-order valence-electron chi connectivity index (χ2n) is 6.11. The van der Waals surface area contributed by atoms with E-state index in [0.29, 0.717) is 17.2 Å². The standard InChI is InChI=1S/C20H19N3O3/c1-12-6-13(2)19(14(3)7-12)23-20(24)15(9-21)10-22-16-4-5-17-18(8-16)26-11-25-17/h4-8,10,22H,11H2,1-3H3,(H,23,24)/b15-10-. The maximum Gasteiger partial charge on any atom is 0.267 e. The molecule has 0 radical (unpaired) electrons. The predicted molar refractivity (Wildman–Crippen MR) is 99.2 cm³/mol. The molecule has 0 aromatic heterocycles. The average Bonchev–Trinajstić information content (AvgIpc) is 3.06. The molecule has 6 nitrogen and oxygen atoms in total. The predicted octanol–water partition coefficient (Wildman–Crippen LogP) is 3.80. The summed E-state index contributed by atoms with van der Waals surface area (Å²) in [6.45, 7) is 6.05. The van der Waals surface area contributed by atoms with E-state index in [0.717, 1.165) is 22.4 Å². The van der Waals surface area contributed by atoms with Gasteiger partial charge in [0.2, 0.25) is 6.79 Å². The maximum atomic E-state index is 12.5. The third kappa shape index (κ3) is 3.62. The first-order valence-corrected chi connectivity index (χ1v) is 8.13. The van der Waals surface area contributed by atoms with E-state index in [1.807, 2.05) is 39.0 Å². The van der Waals surface area contributed by atoms with Crippen LogP contribution in [0.3, 0.4) is 0 Å². The smallest absolute Gasteiger partial charge is 0.267 e. The second kappa shape index (κ2) is 7.19. The number of carbonyl (C=O) groups excluding carboxylic acids is 1. The number of hydrogen-bond donors (Lipinski definition) is 2. The summed E-state index contributed by atoms with van der Waals surface area (Å²) in [5.74, 6) is 0.830. The van der Waals surface area contributed by atoms with Gasteiger partial charge in [0.15, 0.2) is 11.5 Å². The Bertz CT molecular complexity index is 919. The van der Waals surface area contributed by atoms with Crippen LogP contribution in [0.1, 0.15) is 16.7 Å². The topological polar surface area (TPSA) is 83.4 Å². The Kier molecular flexibility index (Phi) is 4.81. The number of ether oxygens (including phenoxy) is 2. The van der Waals surface area contributed by atoms with Gasteiger partial charge in [-0.1, -0.05) is 17.7 Å². The molecule has 132 valence electrons. The van der Waals surface area contributed by atoms with Crippen LogP contribution in [0.25, 0.3) is 0 Å². The second-order valence-corrected chi connectivity index (χ2v) is 6.11. The summed E-state index contributed by atoms with van der Waals surface area (Å²) in [6, 6.07) is 11.2. The highest BCUT2D eigenvalue weighted by Gasteiger charge is 2.15. The van der Waals surface area contributed by atoms with E-state index in [4.69, 9.17) is 9.47 Å². The van der Waals surface area contributed by atoms with E-state index in [-0.39, 0.29) is 12.4 Å². The van der Waals surface area contributed by atoms with Gasteiger partial charge < -0.3 is 20.1 Å². The van der Waals surface area contributed by atoms with Crippen molar-refractivity contribution in [2.45, 2.75) is 20.8 Å². The molecule has 1 heterocycles. The number of carbonyl (C=O) groups is 1. The molecule has 0 saturated heterocycles. The molecule has 2 N–H and O–H groups in total. The van der Waals surface area contributed by atoms with Crippen LogP contribution in [0.4, 0.5) is 11.4 Å². The van der Waals surface area contributed by atoms with E-state index < -0.39 is 5.91 Å². The third-order valence-electron chi connectivity index (χ3n) is 4.04. The molecule has 2 aromatic carbocycles. The van der Waals surface area contributed by atoms with Gasteiger partial charge >= 0.3 is 0 Å². The molecule has 26 heavy (non-hydrogen) atoms. The fourth-order valence-electron chi connectivity index (χ4n) is 2.85. The lowest BCUT2D eigenvalue weighted by molar-refractivity contribution is -0.112. The van der Waals surface area contributed by atoms with Crippen LogP contribution < -0.4 is 20.1 Å². The van der Waals surface area contributed by atoms with Crippen LogP contribution in [-0.2, 0) is 4.79 Å². The van der Waals surface area contributed by atoms with Crippen LogP contribution in [-0.4, -0.2) is 12.7 Å². The average molecular weight is 349 g/mol. The number of nitrogens with zero attached hydrogens (tertiary/aromatic N) is 1. The molecule has 0 aliphatic carbocycles. The van der Waals surface area contributed by atoms with Crippen molar-refractivity contribution in [3.8, 4) is 17.6 Å². The van der Waals surface area contributed by atoms with Crippen LogP contribution in [0.2, 0.25) is 0 Å². The molecule has 0 fully saturated rings. The van der Waals surface area contributed by atoms with Gasteiger partial charge in [-0.2, -0.15) is 5.26 Å². The number of nitriles is 1. The number of nitrogens with one attached hydrogen (secondary N) is 2. The summed E-state index contributed by atoms with van der Waals surface area (Å²) in [5.41, 5.74) is 4.43. The molecule has 0 spiro atoms. The first-order valence-electron chi connectivity index (χ1n) is 8.13.